The zero-order valence-corrected chi connectivity index (χ0v) is 14.7. The second-order valence-corrected chi connectivity index (χ2v) is 7.27. The van der Waals surface area contributed by atoms with Gasteiger partial charge in [0.2, 0.25) is 5.91 Å². The molecule has 132 valence electrons. The van der Waals surface area contributed by atoms with Crippen LogP contribution in [0.3, 0.4) is 0 Å². The van der Waals surface area contributed by atoms with Crippen LogP contribution in [0.25, 0.3) is 0 Å². The van der Waals surface area contributed by atoms with E-state index >= 15 is 0 Å². The Morgan fingerprint density at radius 1 is 1.33 bits per heavy atom. The number of hydrogen-bond acceptors (Lipinski definition) is 4. The Morgan fingerprint density at radius 2 is 2.04 bits per heavy atom. The van der Waals surface area contributed by atoms with Gasteiger partial charge in [0.25, 0.3) is 5.91 Å². The number of hydrogen-bond donors (Lipinski definition) is 3. The molecular formula is C17H24N2O4S. The van der Waals surface area contributed by atoms with Gasteiger partial charge >= 0.3 is 5.97 Å². The normalized spacial score (nSPS) is 23.5. The molecule has 2 amide bonds. The molecule has 0 bridgehead atoms. The van der Waals surface area contributed by atoms with E-state index in [9.17, 15) is 19.5 Å². The molecule has 1 aliphatic carbocycles. The van der Waals surface area contributed by atoms with E-state index in [1.54, 1.807) is 11.4 Å². The molecule has 7 heteroatoms. The van der Waals surface area contributed by atoms with E-state index in [1.807, 2.05) is 5.38 Å². The summed E-state index contributed by atoms with van der Waals surface area (Å²) in [6.45, 7) is 2.49. The molecule has 0 atom stereocenters. The highest BCUT2D eigenvalue weighted by molar-refractivity contribution is 7.08. The van der Waals surface area contributed by atoms with E-state index in [-0.39, 0.29) is 18.2 Å². The van der Waals surface area contributed by atoms with E-state index in [2.05, 4.69) is 17.6 Å². The van der Waals surface area contributed by atoms with E-state index in [1.165, 1.54) is 11.3 Å². The zero-order chi connectivity index (χ0) is 17.6. The van der Waals surface area contributed by atoms with Crippen molar-refractivity contribution in [2.75, 3.05) is 6.54 Å². The Labute approximate surface area is 145 Å². The van der Waals surface area contributed by atoms with Gasteiger partial charge in [-0.15, -0.1) is 0 Å². The number of nitrogens with one attached hydrogen (secondary N) is 2. The topological polar surface area (TPSA) is 95.5 Å². The van der Waals surface area contributed by atoms with Gasteiger partial charge in [0.1, 0.15) is 5.54 Å². The molecule has 0 unspecified atom stereocenters. The minimum absolute atomic E-state index is 0.153. The first-order valence-electron chi connectivity index (χ1n) is 8.28. The summed E-state index contributed by atoms with van der Waals surface area (Å²) in [5, 5.41) is 18.6. The summed E-state index contributed by atoms with van der Waals surface area (Å²) in [6, 6.07) is 1.74. The van der Waals surface area contributed by atoms with Crippen LogP contribution in [0.4, 0.5) is 0 Å². The van der Waals surface area contributed by atoms with Crippen molar-refractivity contribution in [2.24, 2.45) is 5.92 Å². The average Bonchev–Trinajstić information content (AvgIpc) is 3.08. The first-order valence-corrected chi connectivity index (χ1v) is 9.22. The number of carbonyl (C=O) groups excluding carboxylic acids is 2. The summed E-state index contributed by atoms with van der Waals surface area (Å²) in [5.41, 5.74) is -0.505. The van der Waals surface area contributed by atoms with Crippen molar-refractivity contribution in [2.45, 2.75) is 51.0 Å². The molecule has 0 saturated heterocycles. The van der Waals surface area contributed by atoms with Gasteiger partial charge in [-0.1, -0.05) is 6.92 Å². The highest BCUT2D eigenvalue weighted by atomic mass is 32.1. The van der Waals surface area contributed by atoms with Crippen molar-refractivity contribution >= 4 is 29.1 Å². The maximum atomic E-state index is 12.1. The summed E-state index contributed by atoms with van der Waals surface area (Å²) in [6.07, 6.45) is 3.25. The van der Waals surface area contributed by atoms with Gasteiger partial charge in [-0.25, -0.2) is 4.79 Å². The Hall–Kier alpha value is -1.89. The van der Waals surface area contributed by atoms with Crippen molar-refractivity contribution < 1.29 is 19.5 Å². The van der Waals surface area contributed by atoms with Crippen molar-refractivity contribution in [1.82, 2.24) is 10.6 Å². The van der Waals surface area contributed by atoms with E-state index in [0.29, 0.717) is 37.3 Å². The summed E-state index contributed by atoms with van der Waals surface area (Å²) < 4.78 is 0. The van der Waals surface area contributed by atoms with E-state index in [4.69, 9.17) is 0 Å². The Balaban J connectivity index is 1.73. The minimum atomic E-state index is -1.12. The molecular weight excluding hydrogens is 328 g/mol. The molecule has 2 rings (SSSR count). The van der Waals surface area contributed by atoms with Gasteiger partial charge in [0, 0.05) is 23.9 Å². The molecule has 1 aliphatic rings. The highest BCUT2D eigenvalue weighted by Crippen LogP contribution is 2.32. The quantitative estimate of drug-likeness (QED) is 0.657. The van der Waals surface area contributed by atoms with Crippen LogP contribution in [0, 0.1) is 5.92 Å². The lowest BCUT2D eigenvalue weighted by molar-refractivity contribution is -0.149. The molecule has 0 aliphatic heterocycles. The fourth-order valence-electron chi connectivity index (χ4n) is 2.92. The first kappa shape index (κ1) is 18.4. The number of amides is 2. The van der Waals surface area contributed by atoms with E-state index < -0.39 is 11.5 Å². The monoisotopic (exact) mass is 352 g/mol. The highest BCUT2D eigenvalue weighted by Gasteiger charge is 2.42. The van der Waals surface area contributed by atoms with Crippen molar-refractivity contribution in [1.29, 1.82) is 0 Å². The predicted octanol–water partition coefficient (Wildman–Crippen LogP) is 2.41. The minimum Gasteiger partial charge on any atom is -0.480 e. The molecule has 24 heavy (non-hydrogen) atoms. The third-order valence-corrected chi connectivity index (χ3v) is 5.25. The molecule has 0 radical (unpaired) electrons. The second kappa shape index (κ2) is 8.28. The maximum Gasteiger partial charge on any atom is 0.329 e. The first-order chi connectivity index (χ1) is 11.4. The number of thiophene rings is 1. The smallest absolute Gasteiger partial charge is 0.329 e. The number of carboxylic acid groups (broad SMARTS) is 1. The summed E-state index contributed by atoms with van der Waals surface area (Å²) in [5.74, 6) is -0.869. The lowest BCUT2D eigenvalue weighted by Crippen LogP contribution is -2.56. The number of carboxylic acids is 1. The average molecular weight is 352 g/mol. The second-order valence-electron chi connectivity index (χ2n) is 6.49. The molecule has 1 aromatic heterocycles. The van der Waals surface area contributed by atoms with Crippen LogP contribution in [0.2, 0.25) is 0 Å². The van der Waals surface area contributed by atoms with Crippen LogP contribution >= 0.6 is 11.3 Å². The van der Waals surface area contributed by atoms with Gasteiger partial charge in [0.15, 0.2) is 0 Å². The molecule has 1 saturated carbocycles. The number of aliphatic carboxylic acids is 1. The fraction of sp³-hybridized carbons (Fsp3) is 0.588. The number of rotatable bonds is 7. The van der Waals surface area contributed by atoms with Gasteiger partial charge in [-0.3, -0.25) is 9.59 Å². The van der Waals surface area contributed by atoms with E-state index in [0.717, 1.165) is 12.8 Å². The third-order valence-electron chi connectivity index (χ3n) is 4.57. The van der Waals surface area contributed by atoms with Crippen molar-refractivity contribution in [3.63, 3.8) is 0 Å². The third kappa shape index (κ3) is 4.80. The molecule has 0 spiro atoms. The predicted molar refractivity (Wildman–Crippen MR) is 92.0 cm³/mol. The van der Waals surface area contributed by atoms with Gasteiger partial charge < -0.3 is 15.7 Å². The zero-order valence-electron chi connectivity index (χ0n) is 13.8. The van der Waals surface area contributed by atoms with Crippen LogP contribution < -0.4 is 10.6 Å². The molecule has 3 N–H and O–H groups in total. The fourth-order valence-corrected chi connectivity index (χ4v) is 3.56. The van der Waals surface area contributed by atoms with Crippen LogP contribution in [-0.4, -0.2) is 35.0 Å². The summed E-state index contributed by atoms with van der Waals surface area (Å²) in [7, 11) is 0. The van der Waals surface area contributed by atoms with Crippen molar-refractivity contribution in [3.05, 3.63) is 22.4 Å². The van der Waals surface area contributed by atoms with Crippen molar-refractivity contribution in [3.8, 4) is 0 Å². The molecule has 0 aromatic carbocycles. The SMILES string of the molecule is CC1CCC(NC(=O)CCCNC(=O)c2ccsc2)(C(=O)O)CC1. The van der Waals surface area contributed by atoms with Crippen LogP contribution in [-0.2, 0) is 9.59 Å². The maximum absolute atomic E-state index is 12.1. The Morgan fingerprint density at radius 3 is 2.62 bits per heavy atom. The molecule has 1 aromatic rings. The van der Waals surface area contributed by atoms with Crippen LogP contribution in [0.1, 0.15) is 55.8 Å². The largest absolute Gasteiger partial charge is 0.480 e. The Kier molecular flexibility index (Phi) is 6.36. The van der Waals surface area contributed by atoms with Gasteiger partial charge in [0.05, 0.1) is 0 Å². The molecule has 6 nitrogen and oxygen atoms in total. The van der Waals surface area contributed by atoms with Gasteiger partial charge in [-0.2, -0.15) is 11.3 Å². The summed E-state index contributed by atoms with van der Waals surface area (Å²) in [4.78, 5) is 35.4. The summed E-state index contributed by atoms with van der Waals surface area (Å²) >= 11 is 1.45. The van der Waals surface area contributed by atoms with Crippen LogP contribution in [0.5, 0.6) is 0 Å². The Bertz CT molecular complexity index is 577. The molecule has 1 fully saturated rings. The van der Waals surface area contributed by atoms with Crippen LogP contribution in [0.15, 0.2) is 16.8 Å². The number of carbonyl (C=O) groups is 3. The lowest BCUT2D eigenvalue weighted by atomic mass is 9.77. The van der Waals surface area contributed by atoms with Gasteiger partial charge in [-0.05, 0) is 49.5 Å². The standard InChI is InChI=1S/C17H24N2O4S/c1-12-4-7-17(8-5-12,16(22)23)19-14(20)3-2-9-18-15(21)13-6-10-24-11-13/h6,10-12H,2-5,7-9H2,1H3,(H,18,21)(H,19,20)(H,22,23). The molecule has 1 heterocycles. The lowest BCUT2D eigenvalue weighted by Gasteiger charge is -2.36.